The van der Waals surface area contributed by atoms with E-state index in [-0.39, 0.29) is 0 Å². The molecule has 1 aromatic carbocycles. The van der Waals surface area contributed by atoms with Crippen LogP contribution in [-0.2, 0) is 6.42 Å². The molecule has 0 amide bonds. The lowest BCUT2D eigenvalue weighted by molar-refractivity contribution is 0.538. The fraction of sp³-hybridized carbons (Fsp3) is 0.571. The molecule has 17 heavy (non-hydrogen) atoms. The predicted molar refractivity (Wildman–Crippen MR) is 79.3 cm³/mol. The Kier molecular flexibility index (Phi) is 3.99. The van der Waals surface area contributed by atoms with Crippen molar-refractivity contribution in [1.82, 2.24) is 5.32 Å². The molecule has 1 heterocycles. The van der Waals surface area contributed by atoms with Crippen molar-refractivity contribution in [3.63, 3.8) is 0 Å². The molecule has 0 saturated carbocycles. The Morgan fingerprint density at radius 1 is 1.18 bits per heavy atom. The molecule has 3 heteroatoms. The van der Waals surface area contributed by atoms with Gasteiger partial charge in [0.25, 0.3) is 0 Å². The van der Waals surface area contributed by atoms with Gasteiger partial charge < -0.3 is 5.32 Å². The van der Waals surface area contributed by atoms with Gasteiger partial charge in [0, 0.05) is 41.5 Å². The first kappa shape index (κ1) is 11.9. The van der Waals surface area contributed by atoms with E-state index in [1.807, 2.05) is 0 Å². The zero-order valence-corrected chi connectivity index (χ0v) is 11.7. The SMILES string of the molecule is c1ccc2c(c1)CC2CNCC1CSCCS1. The second-order valence-corrected chi connectivity index (χ2v) is 7.38. The maximum atomic E-state index is 3.66. The molecule has 0 spiro atoms. The number of benzene rings is 1. The second-order valence-electron chi connectivity index (χ2n) is 4.83. The second kappa shape index (κ2) is 5.68. The molecular formula is C14H19NS2. The van der Waals surface area contributed by atoms with Gasteiger partial charge in [0.1, 0.15) is 0 Å². The normalized spacial score (nSPS) is 27.3. The minimum absolute atomic E-state index is 0.771. The molecule has 0 aromatic heterocycles. The van der Waals surface area contributed by atoms with Gasteiger partial charge in [-0.3, -0.25) is 0 Å². The average Bonchev–Trinajstić information content (AvgIpc) is 2.36. The zero-order valence-electron chi connectivity index (χ0n) is 10.0. The van der Waals surface area contributed by atoms with Crippen molar-refractivity contribution in [3.8, 4) is 0 Å². The lowest BCUT2D eigenvalue weighted by atomic mass is 9.77. The molecule has 1 aromatic rings. The fourth-order valence-corrected chi connectivity index (χ4v) is 5.26. The number of fused-ring (bicyclic) bond motifs is 1. The Balaban J connectivity index is 1.41. The molecule has 3 rings (SSSR count). The average molecular weight is 265 g/mol. The molecule has 1 fully saturated rings. The Morgan fingerprint density at radius 3 is 2.94 bits per heavy atom. The van der Waals surface area contributed by atoms with Crippen molar-refractivity contribution in [2.45, 2.75) is 17.6 Å². The number of nitrogens with one attached hydrogen (secondary N) is 1. The summed E-state index contributed by atoms with van der Waals surface area (Å²) in [5.74, 6) is 4.78. The lowest BCUT2D eigenvalue weighted by Crippen LogP contribution is -2.34. The van der Waals surface area contributed by atoms with Gasteiger partial charge in [0.05, 0.1) is 0 Å². The Bertz CT molecular complexity index is 374. The van der Waals surface area contributed by atoms with Gasteiger partial charge in [-0.2, -0.15) is 23.5 Å². The Morgan fingerprint density at radius 2 is 2.12 bits per heavy atom. The summed E-state index contributed by atoms with van der Waals surface area (Å²) in [7, 11) is 0. The molecule has 0 radical (unpaired) electrons. The molecule has 2 aliphatic rings. The molecular weight excluding hydrogens is 246 g/mol. The van der Waals surface area contributed by atoms with Crippen LogP contribution in [0, 0.1) is 0 Å². The van der Waals surface area contributed by atoms with Gasteiger partial charge in [-0.1, -0.05) is 24.3 Å². The summed E-state index contributed by atoms with van der Waals surface area (Å²) < 4.78 is 0. The lowest BCUT2D eigenvalue weighted by Gasteiger charge is -2.31. The molecule has 92 valence electrons. The molecule has 1 aliphatic carbocycles. The summed E-state index contributed by atoms with van der Waals surface area (Å²) in [4.78, 5) is 0. The quantitative estimate of drug-likeness (QED) is 0.899. The van der Waals surface area contributed by atoms with E-state index in [1.54, 1.807) is 11.1 Å². The van der Waals surface area contributed by atoms with E-state index >= 15 is 0 Å². The smallest absolute Gasteiger partial charge is 0.0263 e. The largest absolute Gasteiger partial charge is 0.315 e. The number of hydrogen-bond acceptors (Lipinski definition) is 3. The monoisotopic (exact) mass is 265 g/mol. The van der Waals surface area contributed by atoms with Crippen LogP contribution in [-0.4, -0.2) is 35.6 Å². The highest BCUT2D eigenvalue weighted by atomic mass is 32.2. The summed E-state index contributed by atoms with van der Waals surface area (Å²) in [6.07, 6.45) is 1.27. The zero-order chi connectivity index (χ0) is 11.5. The maximum absolute atomic E-state index is 3.66. The topological polar surface area (TPSA) is 12.0 Å². The van der Waals surface area contributed by atoms with Gasteiger partial charge in [0.15, 0.2) is 0 Å². The van der Waals surface area contributed by atoms with E-state index in [1.165, 1.54) is 36.8 Å². The van der Waals surface area contributed by atoms with Crippen LogP contribution in [0.5, 0.6) is 0 Å². The molecule has 1 saturated heterocycles. The third-order valence-corrected chi connectivity index (χ3v) is 6.45. The van der Waals surface area contributed by atoms with Crippen LogP contribution in [0.25, 0.3) is 0 Å². The van der Waals surface area contributed by atoms with Crippen molar-refractivity contribution >= 4 is 23.5 Å². The van der Waals surface area contributed by atoms with Crippen LogP contribution in [0.4, 0.5) is 0 Å². The van der Waals surface area contributed by atoms with Crippen molar-refractivity contribution in [2.75, 3.05) is 30.3 Å². The summed E-state index contributed by atoms with van der Waals surface area (Å²) in [5, 5.41) is 4.50. The van der Waals surface area contributed by atoms with Gasteiger partial charge in [-0.15, -0.1) is 0 Å². The van der Waals surface area contributed by atoms with E-state index in [9.17, 15) is 0 Å². The van der Waals surface area contributed by atoms with Crippen molar-refractivity contribution in [3.05, 3.63) is 35.4 Å². The Hall–Kier alpha value is -0.120. The summed E-state index contributed by atoms with van der Waals surface area (Å²) in [5.41, 5.74) is 3.13. The Labute approximate surface area is 112 Å². The van der Waals surface area contributed by atoms with Gasteiger partial charge in [-0.25, -0.2) is 0 Å². The third-order valence-electron chi connectivity index (χ3n) is 3.61. The molecule has 1 aliphatic heterocycles. The highest BCUT2D eigenvalue weighted by Gasteiger charge is 2.25. The number of thioether (sulfide) groups is 2. The van der Waals surface area contributed by atoms with Crippen LogP contribution in [0.2, 0.25) is 0 Å². The first-order valence-corrected chi connectivity index (χ1v) is 8.61. The van der Waals surface area contributed by atoms with Crippen LogP contribution in [0.15, 0.2) is 24.3 Å². The minimum Gasteiger partial charge on any atom is -0.315 e. The highest BCUT2D eigenvalue weighted by Crippen LogP contribution is 2.34. The standard InChI is InChI=1S/C14H19NS2/c1-2-4-14-11(3-1)7-12(14)8-15-9-13-10-16-5-6-17-13/h1-4,12-13,15H,5-10H2. The van der Waals surface area contributed by atoms with E-state index in [0.717, 1.165) is 11.2 Å². The molecule has 2 atom stereocenters. The van der Waals surface area contributed by atoms with Crippen LogP contribution in [0.1, 0.15) is 17.0 Å². The van der Waals surface area contributed by atoms with Gasteiger partial charge in [0.2, 0.25) is 0 Å². The molecule has 1 N–H and O–H groups in total. The molecule has 0 bridgehead atoms. The van der Waals surface area contributed by atoms with Crippen LogP contribution < -0.4 is 5.32 Å². The number of rotatable bonds is 4. The molecule has 2 unspecified atom stereocenters. The van der Waals surface area contributed by atoms with Gasteiger partial charge in [-0.05, 0) is 17.5 Å². The number of hydrogen-bond donors (Lipinski definition) is 1. The first-order valence-electron chi connectivity index (χ1n) is 6.41. The van der Waals surface area contributed by atoms with Gasteiger partial charge >= 0.3 is 0 Å². The predicted octanol–water partition coefficient (Wildman–Crippen LogP) is 2.76. The van der Waals surface area contributed by atoms with Crippen molar-refractivity contribution < 1.29 is 0 Å². The minimum atomic E-state index is 0.771. The maximum Gasteiger partial charge on any atom is 0.0263 e. The summed E-state index contributed by atoms with van der Waals surface area (Å²) in [6, 6.07) is 8.87. The van der Waals surface area contributed by atoms with Crippen molar-refractivity contribution in [2.24, 2.45) is 0 Å². The highest BCUT2D eigenvalue weighted by molar-refractivity contribution is 8.06. The van der Waals surface area contributed by atoms with Crippen LogP contribution in [0.3, 0.4) is 0 Å². The van der Waals surface area contributed by atoms with E-state index in [2.05, 4.69) is 53.1 Å². The van der Waals surface area contributed by atoms with E-state index in [0.29, 0.717) is 0 Å². The fourth-order valence-electron chi connectivity index (χ4n) is 2.62. The van der Waals surface area contributed by atoms with E-state index < -0.39 is 0 Å². The van der Waals surface area contributed by atoms with Crippen molar-refractivity contribution in [1.29, 1.82) is 0 Å². The van der Waals surface area contributed by atoms with E-state index in [4.69, 9.17) is 0 Å². The summed E-state index contributed by atoms with van der Waals surface area (Å²) >= 11 is 4.25. The third kappa shape index (κ3) is 2.83. The first-order chi connectivity index (χ1) is 8.43. The summed E-state index contributed by atoms with van der Waals surface area (Å²) in [6.45, 7) is 2.36. The molecule has 1 nitrogen and oxygen atoms in total. The van der Waals surface area contributed by atoms with Crippen LogP contribution >= 0.6 is 23.5 Å².